The molecule has 1 atom stereocenters. The number of rotatable bonds is 3. The molecular weight excluding hydrogens is 334 g/mol. The number of anilines is 1. The Morgan fingerprint density at radius 3 is 2.86 bits per heavy atom. The van der Waals surface area contributed by atoms with Crippen molar-refractivity contribution in [2.75, 3.05) is 5.32 Å². The van der Waals surface area contributed by atoms with Crippen LogP contribution in [0.15, 0.2) is 34.8 Å². The lowest BCUT2D eigenvalue weighted by atomic mass is 9.96. The van der Waals surface area contributed by atoms with Gasteiger partial charge in [-0.1, -0.05) is 41.4 Å². The first-order valence-corrected chi connectivity index (χ1v) is 7.59. The third-order valence-electron chi connectivity index (χ3n) is 3.42. The lowest BCUT2D eigenvalue weighted by Gasteiger charge is -2.22. The first kappa shape index (κ1) is 14.0. The predicted molar refractivity (Wildman–Crippen MR) is 82.4 cm³/mol. The van der Waals surface area contributed by atoms with E-state index in [0.717, 1.165) is 23.0 Å². The molecule has 1 unspecified atom stereocenters. The monoisotopic (exact) mass is 347 g/mol. The molecule has 5 nitrogen and oxygen atoms in total. The number of halogens is 1. The van der Waals surface area contributed by atoms with Crippen LogP contribution in [0.1, 0.15) is 35.3 Å². The summed E-state index contributed by atoms with van der Waals surface area (Å²) in [4.78, 5) is 24.8. The fourth-order valence-corrected chi connectivity index (χ4v) is 2.90. The lowest BCUT2D eigenvalue weighted by Crippen LogP contribution is -2.38. The van der Waals surface area contributed by atoms with Gasteiger partial charge in [-0.25, -0.2) is 0 Å². The van der Waals surface area contributed by atoms with E-state index in [1.807, 2.05) is 13.0 Å². The normalized spacial score (nSPS) is 17.5. The zero-order valence-corrected chi connectivity index (χ0v) is 13.1. The summed E-state index contributed by atoms with van der Waals surface area (Å²) in [5.74, 6) is -1.02. The Kier molecular flexibility index (Phi) is 3.63. The highest BCUT2D eigenvalue weighted by atomic mass is 79.9. The largest absolute Gasteiger partial charge is 0.309 e. The zero-order chi connectivity index (χ0) is 15.0. The van der Waals surface area contributed by atoms with Crippen LogP contribution in [-0.2, 0) is 11.2 Å². The van der Waals surface area contributed by atoms with Gasteiger partial charge in [0, 0.05) is 10.5 Å². The van der Waals surface area contributed by atoms with E-state index in [1.165, 1.54) is 4.68 Å². The van der Waals surface area contributed by atoms with Gasteiger partial charge in [0.05, 0.1) is 5.69 Å². The molecule has 2 aromatic rings. The maximum Gasteiger partial charge on any atom is 0.265 e. The molecule has 1 aliphatic rings. The highest BCUT2D eigenvalue weighted by Gasteiger charge is 2.36. The molecule has 0 spiro atoms. The molecule has 0 saturated heterocycles. The Morgan fingerprint density at radius 2 is 2.14 bits per heavy atom. The summed E-state index contributed by atoms with van der Waals surface area (Å²) in [6.07, 6.45) is 1.72. The lowest BCUT2D eigenvalue weighted by molar-refractivity contribution is -0.117. The molecule has 3 rings (SSSR count). The molecule has 2 heterocycles. The van der Waals surface area contributed by atoms with Crippen molar-refractivity contribution in [2.24, 2.45) is 0 Å². The van der Waals surface area contributed by atoms with Crippen molar-refractivity contribution in [1.82, 2.24) is 9.78 Å². The minimum Gasteiger partial charge on any atom is -0.309 e. The highest BCUT2D eigenvalue weighted by Crippen LogP contribution is 2.28. The SMILES string of the molecule is CCCc1cc2n(n1)C(=O)C(c1cccc(Br)c1)C(=O)N2. The Balaban J connectivity index is 2.01. The molecule has 0 fully saturated rings. The highest BCUT2D eigenvalue weighted by molar-refractivity contribution is 9.10. The molecule has 1 aromatic heterocycles. The summed E-state index contributed by atoms with van der Waals surface area (Å²) in [6, 6.07) is 8.98. The van der Waals surface area contributed by atoms with Crippen LogP contribution in [0.2, 0.25) is 0 Å². The number of carbonyl (C=O) groups excluding carboxylic acids is 2. The average molecular weight is 348 g/mol. The van der Waals surface area contributed by atoms with E-state index in [9.17, 15) is 9.59 Å². The van der Waals surface area contributed by atoms with E-state index >= 15 is 0 Å². The van der Waals surface area contributed by atoms with E-state index in [2.05, 4.69) is 26.3 Å². The summed E-state index contributed by atoms with van der Waals surface area (Å²) < 4.78 is 2.14. The molecule has 0 bridgehead atoms. The minimum absolute atomic E-state index is 0.311. The molecule has 21 heavy (non-hydrogen) atoms. The van der Waals surface area contributed by atoms with Gasteiger partial charge in [0.15, 0.2) is 0 Å². The van der Waals surface area contributed by atoms with Gasteiger partial charge in [0.25, 0.3) is 5.91 Å². The van der Waals surface area contributed by atoms with Crippen LogP contribution in [0, 0.1) is 0 Å². The van der Waals surface area contributed by atoms with Gasteiger partial charge >= 0.3 is 0 Å². The average Bonchev–Trinajstić information content (AvgIpc) is 2.82. The van der Waals surface area contributed by atoms with Crippen LogP contribution in [0.3, 0.4) is 0 Å². The Labute approximate surface area is 130 Å². The first-order chi connectivity index (χ1) is 10.1. The zero-order valence-electron chi connectivity index (χ0n) is 11.5. The second-order valence-electron chi connectivity index (χ2n) is 5.00. The number of benzene rings is 1. The summed E-state index contributed by atoms with van der Waals surface area (Å²) in [6.45, 7) is 2.04. The van der Waals surface area contributed by atoms with Crippen LogP contribution in [0.5, 0.6) is 0 Å². The van der Waals surface area contributed by atoms with Gasteiger partial charge in [0.1, 0.15) is 11.7 Å². The molecule has 1 amide bonds. The number of fused-ring (bicyclic) bond motifs is 1. The third-order valence-corrected chi connectivity index (χ3v) is 3.91. The molecule has 1 aliphatic heterocycles. The van der Waals surface area contributed by atoms with Crippen molar-refractivity contribution < 1.29 is 9.59 Å². The van der Waals surface area contributed by atoms with Crippen molar-refractivity contribution >= 4 is 33.6 Å². The number of amides is 1. The summed E-state index contributed by atoms with van der Waals surface area (Å²) in [7, 11) is 0. The van der Waals surface area contributed by atoms with Crippen LogP contribution in [-0.4, -0.2) is 21.6 Å². The molecule has 6 heteroatoms. The summed E-state index contributed by atoms with van der Waals surface area (Å²) >= 11 is 3.36. The molecule has 108 valence electrons. The van der Waals surface area contributed by atoms with Crippen molar-refractivity contribution in [3.63, 3.8) is 0 Å². The van der Waals surface area contributed by atoms with E-state index < -0.39 is 5.92 Å². The second-order valence-corrected chi connectivity index (χ2v) is 5.91. The number of hydrogen-bond donors (Lipinski definition) is 1. The van der Waals surface area contributed by atoms with E-state index in [1.54, 1.807) is 24.3 Å². The number of carbonyl (C=O) groups is 2. The van der Waals surface area contributed by atoms with Gasteiger partial charge in [-0.15, -0.1) is 0 Å². The molecule has 1 aromatic carbocycles. The fourth-order valence-electron chi connectivity index (χ4n) is 2.48. The Bertz CT molecular complexity index is 723. The summed E-state index contributed by atoms with van der Waals surface area (Å²) in [5, 5.41) is 7.06. The molecule has 0 radical (unpaired) electrons. The number of nitrogens with one attached hydrogen (secondary N) is 1. The minimum atomic E-state index is -0.857. The van der Waals surface area contributed by atoms with Crippen LogP contribution in [0.4, 0.5) is 5.82 Å². The van der Waals surface area contributed by atoms with E-state index in [-0.39, 0.29) is 11.8 Å². The fraction of sp³-hybridized carbons (Fsp3) is 0.267. The van der Waals surface area contributed by atoms with Crippen LogP contribution in [0.25, 0.3) is 0 Å². The third kappa shape index (κ3) is 2.51. The van der Waals surface area contributed by atoms with Gasteiger partial charge < -0.3 is 5.32 Å². The van der Waals surface area contributed by atoms with Crippen molar-refractivity contribution in [1.29, 1.82) is 0 Å². The Morgan fingerprint density at radius 1 is 1.33 bits per heavy atom. The van der Waals surface area contributed by atoms with Crippen LogP contribution < -0.4 is 5.32 Å². The van der Waals surface area contributed by atoms with Gasteiger partial charge in [-0.05, 0) is 24.1 Å². The summed E-state index contributed by atoms with van der Waals surface area (Å²) in [5.41, 5.74) is 1.47. The topological polar surface area (TPSA) is 64.0 Å². The predicted octanol–water partition coefficient (Wildman–Crippen LogP) is 2.97. The van der Waals surface area contributed by atoms with Gasteiger partial charge in [-0.2, -0.15) is 9.78 Å². The second kappa shape index (κ2) is 5.44. The van der Waals surface area contributed by atoms with Crippen molar-refractivity contribution in [2.45, 2.75) is 25.7 Å². The van der Waals surface area contributed by atoms with Crippen molar-refractivity contribution in [3.05, 3.63) is 46.1 Å². The number of aromatic nitrogens is 2. The van der Waals surface area contributed by atoms with Gasteiger partial charge in [-0.3, -0.25) is 9.59 Å². The Hall–Kier alpha value is -1.95. The first-order valence-electron chi connectivity index (χ1n) is 6.79. The van der Waals surface area contributed by atoms with E-state index in [0.29, 0.717) is 11.4 Å². The van der Waals surface area contributed by atoms with Crippen LogP contribution >= 0.6 is 15.9 Å². The smallest absolute Gasteiger partial charge is 0.265 e. The van der Waals surface area contributed by atoms with Gasteiger partial charge in [0.2, 0.25) is 5.91 Å². The number of nitrogens with zero attached hydrogens (tertiary/aromatic N) is 2. The van der Waals surface area contributed by atoms with Crippen molar-refractivity contribution in [3.8, 4) is 0 Å². The quantitative estimate of drug-likeness (QED) is 0.868. The van der Waals surface area contributed by atoms with E-state index in [4.69, 9.17) is 0 Å². The number of hydrogen-bond acceptors (Lipinski definition) is 3. The number of aryl methyl sites for hydroxylation is 1. The molecule has 0 saturated carbocycles. The standard InChI is InChI=1S/C15H14BrN3O2/c1-2-4-11-8-12-17-14(20)13(15(21)19(12)18-11)9-5-3-6-10(16)7-9/h3,5-8,13H,2,4H2,1H3,(H,17,20). The molecular formula is C15H14BrN3O2. The molecule has 1 N–H and O–H groups in total. The molecule has 0 aliphatic carbocycles. The maximum absolute atomic E-state index is 12.6. The maximum atomic E-state index is 12.6.